The molecule has 1 aromatic carbocycles. The highest BCUT2D eigenvalue weighted by atomic mass is 19.1. The first-order valence-corrected chi connectivity index (χ1v) is 10.8. The largest absolute Gasteiger partial charge is 0.361 e. The van der Waals surface area contributed by atoms with E-state index in [-0.39, 0.29) is 11.2 Å². The fourth-order valence-corrected chi connectivity index (χ4v) is 5.89. The first-order chi connectivity index (χ1) is 15.1. The number of rotatable bonds is 2. The van der Waals surface area contributed by atoms with E-state index in [4.69, 9.17) is 9.62 Å². The van der Waals surface area contributed by atoms with Crippen LogP contribution in [0.4, 0.5) is 4.39 Å². The Labute approximate surface area is 179 Å². The van der Waals surface area contributed by atoms with Gasteiger partial charge in [0.05, 0.1) is 23.3 Å². The van der Waals surface area contributed by atoms with Gasteiger partial charge in [-0.3, -0.25) is 4.98 Å². The van der Waals surface area contributed by atoms with Gasteiger partial charge in [0.15, 0.2) is 0 Å². The highest BCUT2D eigenvalue weighted by molar-refractivity contribution is 5.68. The Kier molecular flexibility index (Phi) is 3.94. The molecule has 0 saturated carbocycles. The minimum Gasteiger partial charge on any atom is -0.361 e. The molecular formula is C25H23FN4O. The van der Waals surface area contributed by atoms with Crippen molar-refractivity contribution in [3.8, 4) is 16.9 Å². The van der Waals surface area contributed by atoms with Gasteiger partial charge >= 0.3 is 0 Å². The third kappa shape index (κ3) is 2.63. The van der Waals surface area contributed by atoms with Crippen LogP contribution in [0.5, 0.6) is 0 Å². The smallest absolute Gasteiger partial charge is 0.143 e. The Bertz CT molecular complexity index is 1260. The molecule has 0 saturated heterocycles. The summed E-state index contributed by atoms with van der Waals surface area (Å²) in [6.07, 6.45) is 8.27. The average molecular weight is 414 g/mol. The normalized spacial score (nSPS) is 24.4. The standard InChI is InChI=1S/C25H23FN4O/c1-15-21-8-7-20-22(16-3-5-18(26)6-4-16)30(19-9-11-27-12-10-19)29-24(20)25(21,2)13-17-14-28-31-23(15)17/h3-6,9-12,14-15,21H,7-8,13H2,1-2H3/t15-,21-,25-/m1/s1. The van der Waals surface area contributed by atoms with Crippen LogP contribution in [0, 0.1) is 11.7 Å². The van der Waals surface area contributed by atoms with Crippen molar-refractivity contribution in [1.82, 2.24) is 19.9 Å². The van der Waals surface area contributed by atoms with Crippen LogP contribution in [0.25, 0.3) is 16.9 Å². The molecular weight excluding hydrogens is 391 g/mol. The lowest BCUT2D eigenvalue weighted by molar-refractivity contribution is 0.172. The molecule has 0 bridgehead atoms. The molecule has 4 aromatic rings. The molecule has 3 heterocycles. The molecule has 156 valence electrons. The van der Waals surface area contributed by atoms with E-state index < -0.39 is 0 Å². The second kappa shape index (κ2) is 6.61. The zero-order chi connectivity index (χ0) is 21.2. The summed E-state index contributed by atoms with van der Waals surface area (Å²) in [7, 11) is 0. The average Bonchev–Trinajstić information content (AvgIpc) is 3.40. The van der Waals surface area contributed by atoms with E-state index in [1.165, 1.54) is 23.3 Å². The van der Waals surface area contributed by atoms with Crippen molar-refractivity contribution < 1.29 is 8.91 Å². The second-order valence-electron chi connectivity index (χ2n) is 9.04. The lowest BCUT2D eigenvalue weighted by Crippen LogP contribution is -2.44. The van der Waals surface area contributed by atoms with Gasteiger partial charge in [-0.15, -0.1) is 0 Å². The van der Waals surface area contributed by atoms with Crippen LogP contribution in [0.3, 0.4) is 0 Å². The van der Waals surface area contributed by atoms with Gasteiger partial charge in [-0.05, 0) is 61.6 Å². The summed E-state index contributed by atoms with van der Waals surface area (Å²) in [5.41, 5.74) is 6.44. The molecule has 0 unspecified atom stereocenters. The first-order valence-electron chi connectivity index (χ1n) is 10.8. The molecule has 0 fully saturated rings. The molecule has 6 rings (SSSR count). The summed E-state index contributed by atoms with van der Waals surface area (Å²) >= 11 is 0. The number of aromatic nitrogens is 4. The van der Waals surface area contributed by atoms with Gasteiger partial charge in [0.1, 0.15) is 11.6 Å². The number of nitrogens with zero attached hydrogens (tertiary/aromatic N) is 4. The predicted octanol–water partition coefficient (Wildman–Crippen LogP) is 5.24. The van der Waals surface area contributed by atoms with E-state index in [1.54, 1.807) is 12.4 Å². The maximum absolute atomic E-state index is 13.7. The van der Waals surface area contributed by atoms with Crippen LogP contribution >= 0.6 is 0 Å². The zero-order valence-electron chi connectivity index (χ0n) is 17.5. The number of benzene rings is 1. The van der Waals surface area contributed by atoms with E-state index in [9.17, 15) is 4.39 Å². The van der Waals surface area contributed by atoms with Gasteiger partial charge < -0.3 is 4.52 Å². The first kappa shape index (κ1) is 18.5. The maximum Gasteiger partial charge on any atom is 0.143 e. The van der Waals surface area contributed by atoms with Crippen LogP contribution in [0.1, 0.15) is 48.8 Å². The van der Waals surface area contributed by atoms with Gasteiger partial charge in [0, 0.05) is 40.4 Å². The minimum absolute atomic E-state index is 0.112. The SMILES string of the molecule is C[C@H]1c2oncc2C[C@@]2(C)c3nn(-c4ccncc4)c(-c4ccc(F)cc4)c3CC[C@H]12. The fraction of sp³-hybridized carbons (Fsp3) is 0.320. The van der Waals surface area contributed by atoms with E-state index in [2.05, 4.69) is 24.0 Å². The molecule has 3 aromatic heterocycles. The van der Waals surface area contributed by atoms with E-state index in [0.717, 1.165) is 47.7 Å². The Morgan fingerprint density at radius 1 is 1.13 bits per heavy atom. The van der Waals surface area contributed by atoms with Crippen molar-refractivity contribution in [2.45, 2.75) is 44.4 Å². The van der Waals surface area contributed by atoms with Crippen molar-refractivity contribution in [1.29, 1.82) is 0 Å². The number of fused-ring (bicyclic) bond motifs is 4. The lowest BCUT2D eigenvalue weighted by atomic mass is 9.56. The van der Waals surface area contributed by atoms with Crippen molar-refractivity contribution in [2.75, 3.05) is 0 Å². The van der Waals surface area contributed by atoms with Crippen molar-refractivity contribution >= 4 is 0 Å². The third-order valence-corrected chi connectivity index (χ3v) is 7.32. The molecule has 0 amide bonds. The molecule has 3 atom stereocenters. The van der Waals surface area contributed by atoms with Crippen molar-refractivity contribution in [3.63, 3.8) is 0 Å². The minimum atomic E-state index is -0.235. The molecule has 31 heavy (non-hydrogen) atoms. The predicted molar refractivity (Wildman–Crippen MR) is 115 cm³/mol. The topological polar surface area (TPSA) is 56.7 Å². The molecule has 0 aliphatic heterocycles. The Hall–Kier alpha value is -3.28. The van der Waals surface area contributed by atoms with Gasteiger partial charge in [-0.1, -0.05) is 19.0 Å². The number of pyridine rings is 1. The van der Waals surface area contributed by atoms with Crippen LogP contribution < -0.4 is 0 Å². The van der Waals surface area contributed by atoms with Crippen molar-refractivity contribution in [3.05, 3.63) is 83.4 Å². The van der Waals surface area contributed by atoms with Gasteiger partial charge in [-0.2, -0.15) is 5.10 Å². The highest BCUT2D eigenvalue weighted by Gasteiger charge is 2.51. The number of hydrogen-bond donors (Lipinski definition) is 0. The van der Waals surface area contributed by atoms with E-state index in [1.807, 2.05) is 35.1 Å². The summed E-state index contributed by atoms with van der Waals surface area (Å²) in [6.45, 7) is 4.58. The van der Waals surface area contributed by atoms with Crippen LogP contribution in [-0.4, -0.2) is 19.9 Å². The monoisotopic (exact) mass is 414 g/mol. The molecule has 0 spiro atoms. The Morgan fingerprint density at radius 3 is 2.68 bits per heavy atom. The fourth-order valence-electron chi connectivity index (χ4n) is 5.89. The summed E-state index contributed by atoms with van der Waals surface area (Å²) < 4.78 is 21.3. The van der Waals surface area contributed by atoms with Crippen LogP contribution in [0.15, 0.2) is 59.5 Å². The van der Waals surface area contributed by atoms with Gasteiger partial charge in [0.2, 0.25) is 0 Å². The molecule has 5 nitrogen and oxygen atoms in total. The molecule has 0 radical (unpaired) electrons. The summed E-state index contributed by atoms with van der Waals surface area (Å²) in [5.74, 6) is 1.52. The number of halogens is 1. The Balaban J connectivity index is 1.59. The lowest BCUT2D eigenvalue weighted by Gasteiger charge is -2.46. The molecule has 2 aliphatic carbocycles. The van der Waals surface area contributed by atoms with Gasteiger partial charge in [0.25, 0.3) is 0 Å². The summed E-state index contributed by atoms with van der Waals surface area (Å²) in [4.78, 5) is 4.17. The summed E-state index contributed by atoms with van der Waals surface area (Å²) in [5, 5.41) is 9.29. The maximum atomic E-state index is 13.7. The third-order valence-electron chi connectivity index (χ3n) is 7.32. The zero-order valence-corrected chi connectivity index (χ0v) is 17.5. The highest BCUT2D eigenvalue weighted by Crippen LogP contribution is 2.54. The van der Waals surface area contributed by atoms with Crippen LogP contribution in [-0.2, 0) is 18.3 Å². The number of hydrogen-bond acceptors (Lipinski definition) is 4. The van der Waals surface area contributed by atoms with E-state index in [0.29, 0.717) is 11.8 Å². The van der Waals surface area contributed by atoms with Crippen molar-refractivity contribution in [2.24, 2.45) is 5.92 Å². The van der Waals surface area contributed by atoms with E-state index >= 15 is 0 Å². The van der Waals surface area contributed by atoms with Crippen LogP contribution in [0.2, 0.25) is 0 Å². The molecule has 0 N–H and O–H groups in total. The quantitative estimate of drug-likeness (QED) is 0.450. The molecule has 2 aliphatic rings. The molecule has 6 heteroatoms. The van der Waals surface area contributed by atoms with Gasteiger partial charge in [-0.25, -0.2) is 9.07 Å². The Morgan fingerprint density at radius 2 is 1.90 bits per heavy atom. The second-order valence-corrected chi connectivity index (χ2v) is 9.04. The summed E-state index contributed by atoms with van der Waals surface area (Å²) in [6, 6.07) is 10.7.